The van der Waals surface area contributed by atoms with Crippen LogP contribution < -0.4 is 10.2 Å². The van der Waals surface area contributed by atoms with Gasteiger partial charge in [0.15, 0.2) is 0 Å². The summed E-state index contributed by atoms with van der Waals surface area (Å²) in [4.78, 5) is 21.4. The van der Waals surface area contributed by atoms with Crippen molar-refractivity contribution in [2.75, 3.05) is 36.4 Å². The predicted molar refractivity (Wildman–Crippen MR) is 110 cm³/mol. The first-order valence-corrected chi connectivity index (χ1v) is 9.40. The molecule has 6 nitrogen and oxygen atoms in total. The smallest absolute Gasteiger partial charge is 0.321 e. The maximum Gasteiger partial charge on any atom is 0.321 e. The molecule has 0 saturated carbocycles. The first-order valence-electron chi connectivity index (χ1n) is 9.02. The van der Waals surface area contributed by atoms with Crippen molar-refractivity contribution in [2.24, 2.45) is 7.05 Å². The number of hydrogen-bond donors (Lipinski definition) is 1. The second kappa shape index (κ2) is 7.12. The van der Waals surface area contributed by atoms with E-state index in [9.17, 15) is 4.79 Å². The standard InChI is InChI=1S/C20H22ClN5O/c1-14-15(21)6-5-8-16(14)23-20(27)26-12-10-25(11-13-26)19-22-17-7-3-4-9-18(17)24(19)2/h3-9H,10-13H2,1-2H3,(H,23,27). The molecule has 0 spiro atoms. The second-order valence-corrected chi connectivity index (χ2v) is 7.18. The Morgan fingerprint density at radius 1 is 1.07 bits per heavy atom. The van der Waals surface area contributed by atoms with Crippen molar-refractivity contribution >= 4 is 40.3 Å². The Bertz CT molecular complexity index is 991. The van der Waals surface area contributed by atoms with E-state index in [0.717, 1.165) is 41.3 Å². The first kappa shape index (κ1) is 17.7. The van der Waals surface area contributed by atoms with Crippen molar-refractivity contribution in [3.8, 4) is 0 Å². The van der Waals surface area contributed by atoms with Crippen LogP contribution in [0.2, 0.25) is 5.02 Å². The zero-order valence-electron chi connectivity index (χ0n) is 15.4. The molecule has 2 heterocycles. The number of nitrogens with one attached hydrogen (secondary N) is 1. The molecule has 1 saturated heterocycles. The molecule has 0 atom stereocenters. The van der Waals surface area contributed by atoms with Crippen LogP contribution in [0.4, 0.5) is 16.4 Å². The van der Waals surface area contributed by atoms with Crippen molar-refractivity contribution < 1.29 is 4.79 Å². The minimum absolute atomic E-state index is 0.0926. The number of amides is 2. The molecule has 2 amide bonds. The summed E-state index contributed by atoms with van der Waals surface area (Å²) in [6, 6.07) is 13.6. The average Bonchev–Trinajstić information content (AvgIpc) is 3.02. The van der Waals surface area contributed by atoms with E-state index >= 15 is 0 Å². The zero-order chi connectivity index (χ0) is 19.0. The molecule has 1 aromatic heterocycles. The predicted octanol–water partition coefficient (Wildman–Crippen LogP) is 3.89. The number of benzene rings is 2. The van der Waals surface area contributed by atoms with E-state index in [1.165, 1.54) is 0 Å². The van der Waals surface area contributed by atoms with Crippen molar-refractivity contribution in [1.29, 1.82) is 0 Å². The molecule has 1 aliphatic heterocycles. The number of rotatable bonds is 2. The number of urea groups is 1. The van der Waals surface area contributed by atoms with Gasteiger partial charge in [-0.1, -0.05) is 29.8 Å². The molecule has 3 aromatic rings. The van der Waals surface area contributed by atoms with Gasteiger partial charge < -0.3 is 19.7 Å². The molecule has 0 unspecified atom stereocenters. The number of carbonyl (C=O) groups excluding carboxylic acids is 1. The fourth-order valence-corrected chi connectivity index (χ4v) is 3.64. The van der Waals surface area contributed by atoms with Crippen molar-refractivity contribution in [1.82, 2.24) is 14.5 Å². The third kappa shape index (κ3) is 3.32. The lowest BCUT2D eigenvalue weighted by Crippen LogP contribution is -2.50. The number of aromatic nitrogens is 2. The number of nitrogens with zero attached hydrogens (tertiary/aromatic N) is 4. The van der Waals surface area contributed by atoms with Crippen LogP contribution in [-0.4, -0.2) is 46.7 Å². The highest BCUT2D eigenvalue weighted by Crippen LogP contribution is 2.24. The van der Waals surface area contributed by atoms with Gasteiger partial charge in [0.2, 0.25) is 5.95 Å². The number of imidazole rings is 1. The van der Waals surface area contributed by atoms with Gasteiger partial charge in [-0.25, -0.2) is 9.78 Å². The maximum absolute atomic E-state index is 12.6. The highest BCUT2D eigenvalue weighted by atomic mass is 35.5. The Morgan fingerprint density at radius 2 is 1.81 bits per heavy atom. The number of carbonyl (C=O) groups is 1. The van der Waals surface area contributed by atoms with Crippen LogP contribution in [0.1, 0.15) is 5.56 Å². The van der Waals surface area contributed by atoms with E-state index in [2.05, 4.69) is 20.9 Å². The Labute approximate surface area is 163 Å². The molecule has 27 heavy (non-hydrogen) atoms. The lowest BCUT2D eigenvalue weighted by molar-refractivity contribution is 0.208. The summed E-state index contributed by atoms with van der Waals surface area (Å²) >= 11 is 6.14. The van der Waals surface area contributed by atoms with Crippen LogP contribution in [0.5, 0.6) is 0 Å². The van der Waals surface area contributed by atoms with E-state index in [-0.39, 0.29) is 6.03 Å². The molecule has 1 N–H and O–H groups in total. The van der Waals surface area contributed by atoms with Crippen LogP contribution in [-0.2, 0) is 7.05 Å². The van der Waals surface area contributed by atoms with Gasteiger partial charge in [-0.2, -0.15) is 0 Å². The summed E-state index contributed by atoms with van der Waals surface area (Å²) in [6.07, 6.45) is 0. The van der Waals surface area contributed by atoms with Gasteiger partial charge in [0.25, 0.3) is 0 Å². The monoisotopic (exact) mass is 383 g/mol. The third-order valence-electron chi connectivity index (χ3n) is 5.12. The summed E-state index contributed by atoms with van der Waals surface area (Å²) in [7, 11) is 2.03. The van der Waals surface area contributed by atoms with E-state index in [4.69, 9.17) is 16.6 Å². The van der Waals surface area contributed by atoms with Gasteiger partial charge in [-0.05, 0) is 36.8 Å². The zero-order valence-corrected chi connectivity index (χ0v) is 16.2. The van der Waals surface area contributed by atoms with Gasteiger partial charge in [0.1, 0.15) is 0 Å². The fraction of sp³-hybridized carbons (Fsp3) is 0.300. The minimum Gasteiger partial charge on any atom is -0.339 e. The van der Waals surface area contributed by atoms with Gasteiger partial charge >= 0.3 is 6.03 Å². The lowest BCUT2D eigenvalue weighted by atomic mass is 10.2. The summed E-state index contributed by atoms with van der Waals surface area (Å²) in [5.74, 6) is 0.946. The molecular formula is C20H22ClN5O. The molecule has 0 aliphatic carbocycles. The van der Waals surface area contributed by atoms with Crippen LogP contribution >= 0.6 is 11.6 Å². The molecule has 2 aromatic carbocycles. The Kier molecular flexibility index (Phi) is 4.66. The lowest BCUT2D eigenvalue weighted by Gasteiger charge is -2.35. The number of fused-ring (bicyclic) bond motifs is 1. The normalized spacial score (nSPS) is 14.6. The summed E-state index contributed by atoms with van der Waals surface area (Å²) in [5.41, 5.74) is 3.74. The molecular weight excluding hydrogens is 362 g/mol. The van der Waals surface area contributed by atoms with E-state index in [1.807, 2.05) is 55.3 Å². The number of aryl methyl sites for hydroxylation is 1. The average molecular weight is 384 g/mol. The van der Waals surface area contributed by atoms with Gasteiger partial charge in [0, 0.05) is 43.9 Å². The quantitative estimate of drug-likeness (QED) is 0.730. The molecule has 4 rings (SSSR count). The second-order valence-electron chi connectivity index (χ2n) is 6.78. The molecule has 140 valence electrons. The van der Waals surface area contributed by atoms with Gasteiger partial charge in [-0.3, -0.25) is 0 Å². The fourth-order valence-electron chi connectivity index (χ4n) is 3.46. The Hall–Kier alpha value is -2.73. The number of piperazine rings is 1. The number of para-hydroxylation sites is 2. The Morgan fingerprint density at radius 3 is 2.56 bits per heavy atom. The molecule has 7 heteroatoms. The van der Waals surface area contributed by atoms with E-state index in [1.54, 1.807) is 0 Å². The summed E-state index contributed by atoms with van der Waals surface area (Å²) in [5, 5.41) is 3.62. The van der Waals surface area contributed by atoms with Crippen LogP contribution in [0, 0.1) is 6.92 Å². The van der Waals surface area contributed by atoms with Crippen LogP contribution in [0.3, 0.4) is 0 Å². The largest absolute Gasteiger partial charge is 0.339 e. The highest BCUT2D eigenvalue weighted by molar-refractivity contribution is 6.31. The summed E-state index contributed by atoms with van der Waals surface area (Å²) in [6.45, 7) is 4.70. The summed E-state index contributed by atoms with van der Waals surface area (Å²) < 4.78 is 2.11. The van der Waals surface area contributed by atoms with E-state index in [0.29, 0.717) is 18.1 Å². The van der Waals surface area contributed by atoms with Crippen molar-refractivity contribution in [3.63, 3.8) is 0 Å². The number of anilines is 2. The number of halogens is 1. The molecule has 0 bridgehead atoms. The highest BCUT2D eigenvalue weighted by Gasteiger charge is 2.24. The van der Waals surface area contributed by atoms with Crippen molar-refractivity contribution in [3.05, 3.63) is 53.1 Å². The number of hydrogen-bond acceptors (Lipinski definition) is 3. The third-order valence-corrected chi connectivity index (χ3v) is 5.53. The van der Waals surface area contributed by atoms with E-state index < -0.39 is 0 Å². The minimum atomic E-state index is -0.0926. The van der Waals surface area contributed by atoms with Crippen LogP contribution in [0.25, 0.3) is 11.0 Å². The maximum atomic E-state index is 12.6. The molecule has 0 radical (unpaired) electrons. The Balaban J connectivity index is 1.43. The van der Waals surface area contributed by atoms with Gasteiger partial charge in [-0.15, -0.1) is 0 Å². The first-order chi connectivity index (χ1) is 13.0. The topological polar surface area (TPSA) is 53.4 Å². The van der Waals surface area contributed by atoms with Crippen LogP contribution in [0.15, 0.2) is 42.5 Å². The van der Waals surface area contributed by atoms with Gasteiger partial charge in [0.05, 0.1) is 11.0 Å². The SMILES string of the molecule is Cc1c(Cl)cccc1NC(=O)N1CCN(c2nc3ccccc3n2C)CC1. The molecule has 1 aliphatic rings. The van der Waals surface area contributed by atoms with Crippen molar-refractivity contribution in [2.45, 2.75) is 6.92 Å². The molecule has 1 fully saturated rings.